The zero-order valence-electron chi connectivity index (χ0n) is 8.08. The molecule has 2 aromatic carbocycles. The molecule has 0 heterocycles. The van der Waals surface area contributed by atoms with Crippen LogP contribution in [0.25, 0.3) is 0 Å². The molecule has 0 spiro atoms. The smallest absolute Gasteiger partial charge is 0.241 e. The lowest BCUT2D eigenvalue weighted by atomic mass is 10.3. The van der Waals surface area contributed by atoms with Crippen LogP contribution in [0.5, 0.6) is 0 Å². The van der Waals surface area contributed by atoms with E-state index in [0.29, 0.717) is 0 Å². The Balaban J connectivity index is 0.000000162. The first-order chi connectivity index (χ1) is 7.30. The summed E-state index contributed by atoms with van der Waals surface area (Å²) in [5, 5.41) is 8.28. The average molecular weight is 201 g/mol. The van der Waals surface area contributed by atoms with Gasteiger partial charge in [0.1, 0.15) is 0 Å². The lowest BCUT2D eigenvalue weighted by Crippen LogP contribution is -1.89. The maximum atomic E-state index is 10.1. The first kappa shape index (κ1) is 10.9. The number of hydrogen-bond donors (Lipinski definition) is 1. The minimum Gasteiger partial charge on any atom is -0.241 e. The summed E-state index contributed by atoms with van der Waals surface area (Å²) in [5.41, 5.74) is 0.192. The summed E-state index contributed by atoms with van der Waals surface area (Å²) in [5.74, 6) is 0. The molecule has 0 bridgehead atoms. The normalized spacial score (nSPS) is 8.53. The van der Waals surface area contributed by atoms with Crippen LogP contribution in [-0.2, 0) is 0 Å². The Hall–Kier alpha value is -2.16. The van der Waals surface area contributed by atoms with Crippen LogP contribution in [0.15, 0.2) is 60.7 Å². The van der Waals surface area contributed by atoms with Crippen LogP contribution in [0.2, 0.25) is 0 Å². The van der Waals surface area contributed by atoms with Crippen molar-refractivity contribution >= 4 is 5.69 Å². The van der Waals surface area contributed by atoms with Crippen molar-refractivity contribution in [1.82, 2.24) is 0 Å². The third kappa shape index (κ3) is 4.57. The average Bonchev–Trinajstić information content (AvgIpc) is 2.33. The Kier molecular flexibility index (Phi) is 4.60. The highest BCUT2D eigenvalue weighted by Gasteiger charge is 2.06. The minimum atomic E-state index is -0.198. The maximum Gasteiger partial charge on any atom is 0.317 e. The van der Waals surface area contributed by atoms with Crippen LogP contribution in [0, 0.1) is 11.0 Å². The number of nitrogens with zero attached hydrogens (tertiary/aromatic N) is 1. The van der Waals surface area contributed by atoms with Crippen LogP contribution in [-0.4, -0.2) is 10.1 Å². The van der Waals surface area contributed by atoms with Gasteiger partial charge in [0.15, 0.2) is 0 Å². The van der Waals surface area contributed by atoms with E-state index in [4.69, 9.17) is 5.21 Å². The Morgan fingerprint density at radius 3 is 1.80 bits per heavy atom. The molecular weight excluding hydrogens is 190 g/mol. The summed E-state index contributed by atoms with van der Waals surface area (Å²) in [6.45, 7) is 0. The van der Waals surface area contributed by atoms with Gasteiger partial charge in [-0.05, 0) is 6.07 Å². The van der Waals surface area contributed by atoms with Crippen LogP contribution in [0.1, 0.15) is 0 Å². The molecule has 75 valence electrons. The summed E-state index contributed by atoms with van der Waals surface area (Å²) in [6.07, 6.45) is 0. The van der Waals surface area contributed by atoms with Crippen molar-refractivity contribution < 1.29 is 10.1 Å². The molecule has 0 aliphatic carbocycles. The summed E-state index contributed by atoms with van der Waals surface area (Å²) in [6, 6.07) is 20.8. The topological polar surface area (TPSA) is 40.3 Å². The molecule has 0 aliphatic rings. The lowest BCUT2D eigenvalue weighted by Gasteiger charge is -1.78. The molecule has 3 nitrogen and oxygen atoms in total. The van der Waals surface area contributed by atoms with Gasteiger partial charge in [0.2, 0.25) is 0 Å². The second-order valence-corrected chi connectivity index (χ2v) is 2.69. The fourth-order valence-corrected chi connectivity index (χ4v) is 0.888. The highest BCUT2D eigenvalue weighted by molar-refractivity contribution is 5.26. The molecule has 0 unspecified atom stereocenters. The van der Waals surface area contributed by atoms with Crippen molar-refractivity contribution in [3.05, 3.63) is 71.6 Å². The van der Waals surface area contributed by atoms with Crippen molar-refractivity contribution in [2.24, 2.45) is 0 Å². The second kappa shape index (κ2) is 6.32. The van der Waals surface area contributed by atoms with Gasteiger partial charge in [0.25, 0.3) is 4.92 Å². The van der Waals surface area contributed by atoms with Gasteiger partial charge in [-0.1, -0.05) is 48.5 Å². The second-order valence-electron chi connectivity index (χ2n) is 2.69. The van der Waals surface area contributed by atoms with E-state index in [1.807, 2.05) is 36.4 Å². The summed E-state index contributed by atoms with van der Waals surface area (Å²) >= 11 is 0. The Morgan fingerprint density at radius 2 is 1.53 bits per heavy atom. The minimum absolute atomic E-state index is 0.192. The molecule has 0 atom stereocenters. The fourth-order valence-electron chi connectivity index (χ4n) is 0.888. The monoisotopic (exact) mass is 201 g/mol. The highest BCUT2D eigenvalue weighted by Crippen LogP contribution is 2.05. The quantitative estimate of drug-likeness (QED) is 0.720. The molecule has 0 aromatic heterocycles. The predicted octanol–water partition coefficient (Wildman–Crippen LogP) is 2.97. The molecule has 0 saturated heterocycles. The Labute approximate surface area is 88.1 Å². The standard InChI is InChI=1S/C6H5NO2.C6H6/c8-7(9)6-4-2-1-3-5-6;1-2-4-6-5-3-1/h1-2,4-5H,(H,8,9);1-6H/q+1;. The van der Waals surface area contributed by atoms with Crippen LogP contribution in [0.3, 0.4) is 0 Å². The van der Waals surface area contributed by atoms with Gasteiger partial charge in [-0.15, -0.1) is 0 Å². The van der Waals surface area contributed by atoms with E-state index in [0.717, 1.165) is 0 Å². The zero-order valence-corrected chi connectivity index (χ0v) is 8.08. The van der Waals surface area contributed by atoms with Gasteiger partial charge in [0.05, 0.1) is 4.91 Å². The summed E-state index contributed by atoms with van der Waals surface area (Å²) < 4.78 is 0. The number of rotatable bonds is 1. The van der Waals surface area contributed by atoms with Crippen molar-refractivity contribution in [2.45, 2.75) is 0 Å². The summed E-state index contributed by atoms with van der Waals surface area (Å²) in [4.78, 5) is 9.90. The Bertz CT molecular complexity index is 360. The Morgan fingerprint density at radius 1 is 1.00 bits per heavy atom. The van der Waals surface area contributed by atoms with E-state index in [9.17, 15) is 4.91 Å². The van der Waals surface area contributed by atoms with E-state index < -0.39 is 0 Å². The lowest BCUT2D eigenvalue weighted by molar-refractivity contribution is -0.729. The molecule has 3 heteroatoms. The van der Waals surface area contributed by atoms with Gasteiger partial charge in [-0.25, -0.2) is 5.21 Å². The highest BCUT2D eigenvalue weighted by atomic mass is 16.6. The van der Waals surface area contributed by atoms with Crippen LogP contribution < -0.4 is 0 Å². The van der Waals surface area contributed by atoms with Gasteiger partial charge < -0.3 is 0 Å². The zero-order chi connectivity index (χ0) is 10.9. The molecule has 2 aromatic rings. The fraction of sp³-hybridized carbons (Fsp3) is 0. The molecule has 0 amide bonds. The number of benzene rings is 2. The first-order valence-electron chi connectivity index (χ1n) is 4.43. The van der Waals surface area contributed by atoms with Gasteiger partial charge in [0, 0.05) is 12.1 Å². The van der Waals surface area contributed by atoms with E-state index in [2.05, 4.69) is 6.07 Å². The van der Waals surface area contributed by atoms with E-state index in [-0.39, 0.29) is 10.6 Å². The molecular formula is C12H11NO2+. The van der Waals surface area contributed by atoms with E-state index in [1.165, 1.54) is 12.1 Å². The van der Waals surface area contributed by atoms with Crippen molar-refractivity contribution in [3.63, 3.8) is 0 Å². The van der Waals surface area contributed by atoms with Crippen molar-refractivity contribution in [3.8, 4) is 0 Å². The molecule has 0 saturated carbocycles. The predicted molar refractivity (Wildman–Crippen MR) is 56.8 cm³/mol. The maximum absolute atomic E-state index is 10.1. The van der Waals surface area contributed by atoms with E-state index >= 15 is 0 Å². The molecule has 1 radical (unpaired) electrons. The molecule has 15 heavy (non-hydrogen) atoms. The number of hydrogen-bond acceptors (Lipinski definition) is 1. The van der Waals surface area contributed by atoms with Crippen LogP contribution in [0.4, 0.5) is 5.69 Å². The SMILES string of the molecule is O=[N+](O)c1c[c]ccc1.c1ccccc1. The molecule has 0 fully saturated rings. The molecule has 1 N–H and O–H groups in total. The molecule has 2 rings (SSSR count). The first-order valence-corrected chi connectivity index (χ1v) is 4.43. The summed E-state index contributed by atoms with van der Waals surface area (Å²) in [7, 11) is 0. The van der Waals surface area contributed by atoms with Gasteiger partial charge >= 0.3 is 5.69 Å². The van der Waals surface area contributed by atoms with Gasteiger partial charge in [-0.2, -0.15) is 0 Å². The van der Waals surface area contributed by atoms with Gasteiger partial charge in [-0.3, -0.25) is 0 Å². The largest absolute Gasteiger partial charge is 0.317 e. The molecule has 0 aliphatic heterocycles. The van der Waals surface area contributed by atoms with Crippen LogP contribution >= 0.6 is 0 Å². The van der Waals surface area contributed by atoms with Crippen molar-refractivity contribution in [1.29, 1.82) is 0 Å². The van der Waals surface area contributed by atoms with Crippen molar-refractivity contribution in [2.75, 3.05) is 0 Å². The van der Waals surface area contributed by atoms with E-state index in [1.54, 1.807) is 12.1 Å². The third-order valence-electron chi connectivity index (χ3n) is 1.58. The third-order valence-corrected chi connectivity index (χ3v) is 1.58.